The Kier molecular flexibility index (Phi) is 6.39. The third-order valence-electron chi connectivity index (χ3n) is 3.22. The maximum atomic E-state index is 12.7. The van der Waals surface area contributed by atoms with E-state index < -0.39 is 17.7 Å². The van der Waals surface area contributed by atoms with E-state index in [0.717, 1.165) is 23.5 Å². The largest absolute Gasteiger partial charge is 0.481 e. The third kappa shape index (κ3) is 5.11. The number of hydrogen-bond acceptors (Lipinski definition) is 4. The maximum Gasteiger partial charge on any atom is 0.417 e. The zero-order valence-corrected chi connectivity index (χ0v) is 15.9. The van der Waals surface area contributed by atoms with E-state index in [2.05, 4.69) is 25.9 Å². The standard InChI is InChI=1S/C14H12BrClF3N3O2S/c1-7-11(15)21-13(22(7)4-2-3-10(23)24)25-12-9(16)5-8(6-20-12)14(17,18)19/h5-6H,2-4H2,1H3,(H,23,24). The lowest BCUT2D eigenvalue weighted by Gasteiger charge is -2.11. The monoisotopic (exact) mass is 457 g/mol. The molecule has 0 aromatic carbocycles. The predicted octanol–water partition coefficient (Wildman–Crippen LogP) is 5.04. The summed E-state index contributed by atoms with van der Waals surface area (Å²) in [5.74, 6) is -0.904. The number of carboxylic acids is 1. The molecule has 0 aliphatic carbocycles. The minimum Gasteiger partial charge on any atom is -0.481 e. The number of carboxylic acid groups (broad SMARTS) is 1. The normalized spacial score (nSPS) is 11.8. The molecule has 0 unspecified atom stereocenters. The van der Waals surface area contributed by atoms with Crippen LogP contribution in [0, 0.1) is 6.92 Å². The Balaban J connectivity index is 2.25. The van der Waals surface area contributed by atoms with Crippen molar-refractivity contribution >= 4 is 45.3 Å². The van der Waals surface area contributed by atoms with E-state index in [9.17, 15) is 18.0 Å². The van der Waals surface area contributed by atoms with Crippen molar-refractivity contribution in [2.24, 2.45) is 0 Å². The van der Waals surface area contributed by atoms with Crippen LogP contribution < -0.4 is 0 Å². The molecule has 2 aromatic heterocycles. The number of aliphatic carboxylic acids is 1. The van der Waals surface area contributed by atoms with E-state index >= 15 is 0 Å². The van der Waals surface area contributed by atoms with Gasteiger partial charge >= 0.3 is 12.1 Å². The van der Waals surface area contributed by atoms with Gasteiger partial charge in [0.25, 0.3) is 0 Å². The van der Waals surface area contributed by atoms with Gasteiger partial charge < -0.3 is 9.67 Å². The first-order valence-electron chi connectivity index (χ1n) is 6.94. The number of hydrogen-bond donors (Lipinski definition) is 1. The van der Waals surface area contributed by atoms with Crippen LogP contribution in [0.25, 0.3) is 0 Å². The van der Waals surface area contributed by atoms with Crippen molar-refractivity contribution in [1.29, 1.82) is 0 Å². The number of imidazole rings is 1. The Bertz CT molecular complexity index is 798. The molecule has 0 aliphatic heterocycles. The lowest BCUT2D eigenvalue weighted by molar-refractivity contribution is -0.138. The molecule has 0 fully saturated rings. The van der Waals surface area contributed by atoms with Crippen molar-refractivity contribution in [3.05, 3.63) is 33.1 Å². The van der Waals surface area contributed by atoms with Crippen LogP contribution in [0.1, 0.15) is 24.1 Å². The summed E-state index contributed by atoms with van der Waals surface area (Å²) in [5.41, 5.74) is -0.153. The van der Waals surface area contributed by atoms with Crippen molar-refractivity contribution in [3.63, 3.8) is 0 Å². The van der Waals surface area contributed by atoms with Crippen molar-refractivity contribution in [1.82, 2.24) is 14.5 Å². The van der Waals surface area contributed by atoms with Crippen LogP contribution in [0.5, 0.6) is 0 Å². The summed E-state index contributed by atoms with van der Waals surface area (Å²) in [7, 11) is 0. The molecule has 0 radical (unpaired) electrons. The summed E-state index contributed by atoms with van der Waals surface area (Å²) in [6.07, 6.45) is -3.41. The fourth-order valence-corrected chi connectivity index (χ4v) is 3.64. The van der Waals surface area contributed by atoms with E-state index in [4.69, 9.17) is 16.7 Å². The van der Waals surface area contributed by atoms with Crippen molar-refractivity contribution < 1.29 is 23.1 Å². The van der Waals surface area contributed by atoms with Crippen molar-refractivity contribution in [3.8, 4) is 0 Å². The van der Waals surface area contributed by atoms with Crippen LogP contribution in [-0.2, 0) is 17.5 Å². The van der Waals surface area contributed by atoms with Gasteiger partial charge in [-0.15, -0.1) is 0 Å². The number of pyridine rings is 1. The molecule has 0 amide bonds. The average Bonchev–Trinajstić information content (AvgIpc) is 2.75. The van der Waals surface area contributed by atoms with E-state index in [1.54, 1.807) is 11.5 Å². The molecule has 25 heavy (non-hydrogen) atoms. The van der Waals surface area contributed by atoms with E-state index in [1.165, 1.54) is 0 Å². The molecule has 0 spiro atoms. The van der Waals surface area contributed by atoms with E-state index in [1.807, 2.05) is 0 Å². The van der Waals surface area contributed by atoms with Gasteiger partial charge in [-0.05, 0) is 47.1 Å². The zero-order valence-electron chi connectivity index (χ0n) is 12.8. The second-order valence-corrected chi connectivity index (χ2v) is 7.14. The highest BCUT2D eigenvalue weighted by Crippen LogP contribution is 2.37. The SMILES string of the molecule is Cc1c(Br)nc(Sc2ncc(C(F)(F)F)cc2Cl)n1CCCC(=O)O. The van der Waals surface area contributed by atoms with Gasteiger partial charge in [-0.1, -0.05) is 11.6 Å². The van der Waals surface area contributed by atoms with Crippen LogP contribution in [-0.4, -0.2) is 25.6 Å². The van der Waals surface area contributed by atoms with Gasteiger partial charge in [-0.3, -0.25) is 4.79 Å². The average molecular weight is 459 g/mol. The Morgan fingerprint density at radius 1 is 1.48 bits per heavy atom. The summed E-state index contributed by atoms with van der Waals surface area (Å²) in [6.45, 7) is 2.20. The number of aromatic nitrogens is 3. The number of nitrogens with zero attached hydrogens (tertiary/aromatic N) is 3. The van der Waals surface area contributed by atoms with Gasteiger partial charge in [0, 0.05) is 24.9 Å². The minimum atomic E-state index is -4.52. The van der Waals surface area contributed by atoms with Gasteiger partial charge in [-0.25, -0.2) is 9.97 Å². The molecule has 136 valence electrons. The molecule has 0 atom stereocenters. The second-order valence-electron chi connectivity index (χ2n) is 5.03. The summed E-state index contributed by atoms with van der Waals surface area (Å²) in [5, 5.41) is 9.26. The zero-order chi connectivity index (χ0) is 18.8. The number of carbonyl (C=O) groups is 1. The topological polar surface area (TPSA) is 68.0 Å². The van der Waals surface area contributed by atoms with Crippen LogP contribution in [0.2, 0.25) is 5.02 Å². The summed E-state index contributed by atoms with van der Waals surface area (Å²) in [4.78, 5) is 18.7. The molecule has 2 heterocycles. The fourth-order valence-electron chi connectivity index (χ4n) is 1.95. The highest BCUT2D eigenvalue weighted by atomic mass is 79.9. The number of halogens is 5. The lowest BCUT2D eigenvalue weighted by atomic mass is 10.3. The highest BCUT2D eigenvalue weighted by Gasteiger charge is 2.31. The van der Waals surface area contributed by atoms with Crippen LogP contribution in [0.4, 0.5) is 13.2 Å². The second kappa shape index (κ2) is 7.96. The molecule has 0 bridgehead atoms. The highest BCUT2D eigenvalue weighted by molar-refractivity contribution is 9.10. The molecule has 0 saturated heterocycles. The van der Waals surface area contributed by atoms with Crippen molar-refractivity contribution in [2.45, 2.75) is 42.7 Å². The predicted molar refractivity (Wildman–Crippen MR) is 89.9 cm³/mol. The van der Waals surface area contributed by atoms with Gasteiger partial charge in [-0.2, -0.15) is 13.2 Å². The quantitative estimate of drug-likeness (QED) is 0.657. The molecule has 0 aliphatic rings. The van der Waals surface area contributed by atoms with Gasteiger partial charge in [0.2, 0.25) is 0 Å². The summed E-state index contributed by atoms with van der Waals surface area (Å²) in [6, 6.07) is 0.816. The smallest absolute Gasteiger partial charge is 0.417 e. The lowest BCUT2D eigenvalue weighted by Crippen LogP contribution is -2.06. The first-order chi connectivity index (χ1) is 11.6. The van der Waals surface area contributed by atoms with Crippen LogP contribution in [0.3, 0.4) is 0 Å². The van der Waals surface area contributed by atoms with Gasteiger partial charge in [0.1, 0.15) is 9.63 Å². The van der Waals surface area contributed by atoms with Crippen LogP contribution >= 0.6 is 39.3 Å². The van der Waals surface area contributed by atoms with Gasteiger partial charge in [0.05, 0.1) is 10.6 Å². The molecule has 5 nitrogen and oxygen atoms in total. The summed E-state index contributed by atoms with van der Waals surface area (Å²) >= 11 is 10.2. The van der Waals surface area contributed by atoms with Crippen LogP contribution in [0.15, 0.2) is 27.0 Å². The molecule has 0 saturated carbocycles. The Hall–Kier alpha value is -1.26. The Morgan fingerprint density at radius 2 is 2.16 bits per heavy atom. The number of alkyl halides is 3. The van der Waals surface area contributed by atoms with Gasteiger partial charge in [0.15, 0.2) is 5.16 Å². The first-order valence-corrected chi connectivity index (χ1v) is 8.93. The molecule has 1 N–H and O–H groups in total. The first kappa shape index (κ1) is 20.1. The third-order valence-corrected chi connectivity index (χ3v) is 5.39. The van der Waals surface area contributed by atoms with E-state index in [0.29, 0.717) is 28.9 Å². The minimum absolute atomic E-state index is 0.00136. The Morgan fingerprint density at radius 3 is 2.72 bits per heavy atom. The Labute approximate surface area is 158 Å². The number of rotatable bonds is 6. The molecular formula is C14H12BrClF3N3O2S. The maximum absolute atomic E-state index is 12.7. The van der Waals surface area contributed by atoms with E-state index in [-0.39, 0.29) is 16.5 Å². The molecule has 2 rings (SSSR count). The molecule has 2 aromatic rings. The summed E-state index contributed by atoms with van der Waals surface area (Å²) < 4.78 is 40.4. The fraction of sp³-hybridized carbons (Fsp3) is 0.357. The van der Waals surface area contributed by atoms with Crippen molar-refractivity contribution in [2.75, 3.05) is 0 Å². The molecule has 11 heteroatoms. The molecular weight excluding hydrogens is 447 g/mol.